The summed E-state index contributed by atoms with van der Waals surface area (Å²) in [4.78, 5) is 14.5. The van der Waals surface area contributed by atoms with E-state index in [-0.39, 0.29) is 5.91 Å². The van der Waals surface area contributed by atoms with Gasteiger partial charge >= 0.3 is 0 Å². The Labute approximate surface area is 156 Å². The predicted molar refractivity (Wildman–Crippen MR) is 103 cm³/mol. The van der Waals surface area contributed by atoms with Gasteiger partial charge in [-0.25, -0.2) is 0 Å². The highest BCUT2D eigenvalue weighted by atomic mass is 16.5. The lowest BCUT2D eigenvalue weighted by Crippen LogP contribution is -2.48. The van der Waals surface area contributed by atoms with Gasteiger partial charge in [-0.1, -0.05) is 0 Å². The molecule has 0 aromatic rings. The van der Waals surface area contributed by atoms with Gasteiger partial charge in [-0.2, -0.15) is 0 Å². The Morgan fingerprint density at radius 2 is 1.73 bits per heavy atom. The third kappa shape index (κ3) is 6.19. The van der Waals surface area contributed by atoms with E-state index in [4.69, 9.17) is 21.9 Å². The number of hydrogen-bond donors (Lipinski definition) is 5. The molecular formula is C18H34N6O2. The maximum absolute atomic E-state index is 12.4. The minimum Gasteiger partial charge on any atom is -0.402 e. The van der Waals surface area contributed by atoms with Crippen LogP contribution in [0.1, 0.15) is 39.5 Å². The average Bonchev–Trinajstić information content (AvgIpc) is 2.60. The van der Waals surface area contributed by atoms with Crippen LogP contribution in [-0.4, -0.2) is 55.4 Å². The maximum atomic E-state index is 12.4. The number of carbonyl (C=O) groups excluding carboxylic acids is 1. The molecule has 26 heavy (non-hydrogen) atoms. The van der Waals surface area contributed by atoms with Crippen LogP contribution in [0.2, 0.25) is 0 Å². The highest BCUT2D eigenvalue weighted by molar-refractivity contribution is 5.97. The molecule has 2 heterocycles. The molecule has 0 radical (unpaired) electrons. The van der Waals surface area contributed by atoms with E-state index >= 15 is 0 Å². The van der Waals surface area contributed by atoms with E-state index in [1.165, 1.54) is 0 Å². The number of hydrogen-bond acceptors (Lipinski definition) is 7. The van der Waals surface area contributed by atoms with Crippen molar-refractivity contribution in [2.75, 3.05) is 26.3 Å². The van der Waals surface area contributed by atoms with Crippen molar-refractivity contribution in [1.82, 2.24) is 15.5 Å². The van der Waals surface area contributed by atoms with Gasteiger partial charge in [-0.15, -0.1) is 0 Å². The minimum absolute atomic E-state index is 0.301. The summed E-state index contributed by atoms with van der Waals surface area (Å²) in [7, 11) is 0. The highest BCUT2D eigenvalue weighted by Gasteiger charge is 2.25. The van der Waals surface area contributed by atoms with Gasteiger partial charge < -0.3 is 37.5 Å². The van der Waals surface area contributed by atoms with Gasteiger partial charge in [0, 0.05) is 44.1 Å². The van der Waals surface area contributed by atoms with Crippen LogP contribution in [0.15, 0.2) is 23.2 Å². The molecule has 2 aliphatic rings. The zero-order chi connectivity index (χ0) is 19.1. The summed E-state index contributed by atoms with van der Waals surface area (Å²) in [6, 6.07) is 1.03. The van der Waals surface area contributed by atoms with E-state index in [1.54, 1.807) is 19.9 Å². The number of nitrogens with two attached hydrogens (primary N) is 3. The van der Waals surface area contributed by atoms with E-state index in [0.717, 1.165) is 52.0 Å². The highest BCUT2D eigenvalue weighted by Crippen LogP contribution is 2.18. The number of amides is 1. The summed E-state index contributed by atoms with van der Waals surface area (Å²) >= 11 is 0. The Hall–Kier alpha value is -1.77. The number of rotatable bonds is 6. The molecule has 0 bridgehead atoms. The summed E-state index contributed by atoms with van der Waals surface area (Å²) in [6.07, 6.45) is 5.29. The first-order valence-electron chi connectivity index (χ1n) is 9.45. The van der Waals surface area contributed by atoms with Gasteiger partial charge in [0.15, 0.2) is 0 Å². The second-order valence-electron chi connectivity index (χ2n) is 7.26. The number of ether oxygens (including phenoxy) is 1. The van der Waals surface area contributed by atoms with Crippen molar-refractivity contribution in [3.8, 4) is 0 Å². The standard InChI is InChI=1S/C18H34N6O2/c1-12(19)11-16(18(25)22-13(2)20)17(21)24-7-3-14(4-8-24)23-15-5-9-26-10-6-15/h11,13-15,23H,3-10,19-21H2,1-2H3,(H,22,25)/b12-11-,17-16-. The Balaban J connectivity index is 1.98. The van der Waals surface area contributed by atoms with Crippen molar-refractivity contribution in [3.05, 3.63) is 23.2 Å². The molecule has 148 valence electrons. The number of allylic oxidation sites excluding steroid dienone is 1. The molecule has 1 amide bonds. The van der Waals surface area contributed by atoms with Gasteiger partial charge in [0.05, 0.1) is 11.7 Å². The van der Waals surface area contributed by atoms with Gasteiger partial charge in [0.2, 0.25) is 0 Å². The fourth-order valence-corrected chi connectivity index (χ4v) is 3.42. The molecule has 8 N–H and O–H groups in total. The summed E-state index contributed by atoms with van der Waals surface area (Å²) in [5, 5.41) is 6.42. The normalized spacial score (nSPS) is 22.7. The van der Waals surface area contributed by atoms with Crippen LogP contribution in [0.3, 0.4) is 0 Å². The second-order valence-corrected chi connectivity index (χ2v) is 7.26. The molecule has 0 aromatic heterocycles. The van der Waals surface area contributed by atoms with E-state index in [2.05, 4.69) is 15.5 Å². The van der Waals surface area contributed by atoms with E-state index < -0.39 is 6.17 Å². The maximum Gasteiger partial charge on any atom is 0.256 e. The Kier molecular flexibility index (Phi) is 7.74. The third-order valence-electron chi connectivity index (χ3n) is 4.78. The van der Waals surface area contributed by atoms with Crippen molar-refractivity contribution in [2.45, 2.75) is 57.8 Å². The lowest BCUT2D eigenvalue weighted by molar-refractivity contribution is -0.117. The van der Waals surface area contributed by atoms with E-state index in [0.29, 0.717) is 29.2 Å². The first-order valence-corrected chi connectivity index (χ1v) is 9.45. The average molecular weight is 367 g/mol. The molecule has 0 aliphatic carbocycles. The van der Waals surface area contributed by atoms with Gasteiger partial charge in [0.25, 0.3) is 5.91 Å². The molecule has 1 atom stereocenters. The lowest BCUT2D eigenvalue weighted by atomic mass is 10.0. The number of piperidine rings is 1. The van der Waals surface area contributed by atoms with Crippen molar-refractivity contribution in [3.63, 3.8) is 0 Å². The van der Waals surface area contributed by atoms with Crippen molar-refractivity contribution < 1.29 is 9.53 Å². The van der Waals surface area contributed by atoms with Crippen molar-refractivity contribution >= 4 is 5.91 Å². The molecule has 2 fully saturated rings. The largest absolute Gasteiger partial charge is 0.402 e. The van der Waals surface area contributed by atoms with E-state index in [1.807, 2.05) is 0 Å². The topological polar surface area (TPSA) is 132 Å². The Morgan fingerprint density at radius 1 is 1.15 bits per heavy atom. The summed E-state index contributed by atoms with van der Waals surface area (Å²) in [5.41, 5.74) is 18.7. The van der Waals surface area contributed by atoms with Gasteiger partial charge in [0.1, 0.15) is 5.82 Å². The van der Waals surface area contributed by atoms with Gasteiger partial charge in [-0.05, 0) is 45.6 Å². The lowest BCUT2D eigenvalue weighted by Gasteiger charge is -2.37. The number of nitrogens with zero attached hydrogens (tertiary/aromatic N) is 1. The molecule has 1 unspecified atom stereocenters. The van der Waals surface area contributed by atoms with Crippen LogP contribution in [0, 0.1) is 0 Å². The molecule has 8 nitrogen and oxygen atoms in total. The Morgan fingerprint density at radius 3 is 2.27 bits per heavy atom. The van der Waals surface area contributed by atoms with Crippen molar-refractivity contribution in [2.24, 2.45) is 17.2 Å². The zero-order valence-corrected chi connectivity index (χ0v) is 16.0. The van der Waals surface area contributed by atoms with Crippen LogP contribution in [0.4, 0.5) is 0 Å². The third-order valence-corrected chi connectivity index (χ3v) is 4.78. The number of likely N-dealkylation sites (tertiary alicyclic amines) is 1. The zero-order valence-electron chi connectivity index (χ0n) is 16.0. The Bertz CT molecular complexity index is 528. The molecule has 8 heteroatoms. The molecular weight excluding hydrogens is 332 g/mol. The molecule has 0 spiro atoms. The van der Waals surface area contributed by atoms with E-state index in [9.17, 15) is 4.79 Å². The molecule has 2 aliphatic heterocycles. The smallest absolute Gasteiger partial charge is 0.256 e. The second kappa shape index (κ2) is 9.80. The number of nitrogens with one attached hydrogen (secondary N) is 2. The first-order chi connectivity index (χ1) is 12.4. The molecule has 2 saturated heterocycles. The molecule has 0 saturated carbocycles. The van der Waals surface area contributed by atoms with Crippen LogP contribution in [-0.2, 0) is 9.53 Å². The summed E-state index contributed by atoms with van der Waals surface area (Å²) in [6.45, 7) is 6.73. The van der Waals surface area contributed by atoms with Crippen LogP contribution >= 0.6 is 0 Å². The first kappa shape index (κ1) is 20.5. The summed E-state index contributed by atoms with van der Waals surface area (Å²) in [5.74, 6) is 0.155. The van der Waals surface area contributed by atoms with Crippen LogP contribution in [0.5, 0.6) is 0 Å². The van der Waals surface area contributed by atoms with Crippen molar-refractivity contribution in [1.29, 1.82) is 0 Å². The fraction of sp³-hybridized carbons (Fsp3) is 0.722. The SMILES string of the molecule is C/C(N)=C/C(C(=O)NC(C)N)=C(\N)N1CCC(NC2CCOCC2)CC1. The van der Waals surface area contributed by atoms with Crippen LogP contribution in [0.25, 0.3) is 0 Å². The predicted octanol–water partition coefficient (Wildman–Crippen LogP) is -0.327. The summed E-state index contributed by atoms with van der Waals surface area (Å²) < 4.78 is 5.41. The number of carbonyl (C=O) groups is 1. The van der Waals surface area contributed by atoms with Gasteiger partial charge in [-0.3, -0.25) is 4.79 Å². The van der Waals surface area contributed by atoms with Crippen LogP contribution < -0.4 is 27.8 Å². The minimum atomic E-state index is -0.453. The molecule has 2 rings (SSSR count). The fourth-order valence-electron chi connectivity index (χ4n) is 3.42. The molecule has 0 aromatic carbocycles. The quantitative estimate of drug-likeness (QED) is 0.247. The monoisotopic (exact) mass is 366 g/mol.